The van der Waals surface area contributed by atoms with E-state index in [0.29, 0.717) is 0 Å². The molecule has 0 heterocycles. The Labute approximate surface area is 161 Å². The molecule has 170 valence electrons. The molecule has 0 aromatic heterocycles. The molecule has 0 radical (unpaired) electrons. The largest absolute Gasteiger partial charge is 0.481 e. The number of aliphatic hydroxyl groups excluding tert-OH is 4. The number of hydrogen-bond acceptors (Lipinski definition) is 11. The average Bonchev–Trinajstić information content (AvgIpc) is 2.56. The van der Waals surface area contributed by atoms with Gasteiger partial charge in [0.1, 0.15) is 36.6 Å². The van der Waals surface area contributed by atoms with Gasteiger partial charge in [-0.15, -0.1) is 0 Å². The summed E-state index contributed by atoms with van der Waals surface area (Å²) in [5.74, 6) is -4.97. The molecule has 1 saturated carbocycles. The van der Waals surface area contributed by atoms with Crippen LogP contribution in [-0.4, -0.2) is 100 Å². The summed E-state index contributed by atoms with van der Waals surface area (Å²) in [6.07, 6.45) is -14.6. The normalized spacial score (nSPS) is 33.6. The number of phosphoric ester groups is 2. The van der Waals surface area contributed by atoms with Crippen LogP contribution in [0, 0.1) is 5.92 Å². The van der Waals surface area contributed by atoms with Crippen LogP contribution >= 0.6 is 15.6 Å². The van der Waals surface area contributed by atoms with Crippen LogP contribution in [0.4, 0.5) is 0 Å². The molecule has 8 atom stereocenters. The lowest BCUT2D eigenvalue weighted by molar-refractivity contribution is -0.216. The first kappa shape index (κ1) is 26.0. The molecule has 0 spiro atoms. The Morgan fingerprint density at radius 3 is 1.59 bits per heavy atom. The van der Waals surface area contributed by atoms with Crippen molar-refractivity contribution < 1.29 is 77.6 Å². The highest BCUT2D eigenvalue weighted by Crippen LogP contribution is 2.48. The summed E-state index contributed by atoms with van der Waals surface area (Å²) < 4.78 is 35.6. The summed E-state index contributed by atoms with van der Waals surface area (Å²) in [7, 11) is -10.6. The van der Waals surface area contributed by atoms with Crippen LogP contribution in [0.5, 0.6) is 0 Å². The number of rotatable bonds is 10. The van der Waals surface area contributed by atoms with Crippen LogP contribution in [0.1, 0.15) is 6.42 Å². The minimum atomic E-state index is -5.28. The molecule has 9 N–H and O–H groups in total. The second kappa shape index (κ2) is 9.87. The number of carboxylic acids is 2. The third-order valence-corrected chi connectivity index (χ3v) is 5.27. The molecule has 29 heavy (non-hydrogen) atoms. The molecule has 0 aliphatic heterocycles. The van der Waals surface area contributed by atoms with E-state index in [2.05, 4.69) is 13.6 Å². The van der Waals surface area contributed by atoms with E-state index in [1.54, 1.807) is 0 Å². The van der Waals surface area contributed by atoms with Gasteiger partial charge in [-0.1, -0.05) is 0 Å². The maximum Gasteiger partial charge on any atom is 0.472 e. The number of hydrogen-bond donors (Lipinski definition) is 9. The van der Waals surface area contributed by atoms with E-state index in [0.717, 1.165) is 0 Å². The Bertz CT molecular complexity index is 674. The van der Waals surface area contributed by atoms with Crippen molar-refractivity contribution >= 4 is 27.6 Å². The number of carbonyl (C=O) groups is 2. The highest BCUT2D eigenvalue weighted by molar-refractivity contribution is 7.47. The van der Waals surface area contributed by atoms with Gasteiger partial charge in [0, 0.05) is 0 Å². The van der Waals surface area contributed by atoms with E-state index in [9.17, 15) is 44.0 Å². The van der Waals surface area contributed by atoms with Gasteiger partial charge in [0.05, 0.1) is 18.9 Å². The van der Waals surface area contributed by atoms with Crippen LogP contribution < -0.4 is 0 Å². The van der Waals surface area contributed by atoms with Gasteiger partial charge in [-0.25, -0.2) is 9.13 Å². The molecule has 18 heteroatoms. The molecule has 1 fully saturated rings. The third kappa shape index (κ3) is 7.64. The molecule has 1 rings (SSSR count). The molecule has 0 saturated heterocycles. The molecule has 0 bridgehead atoms. The molecule has 1 aliphatic rings. The molecular formula is C11H20O16P2. The Balaban J connectivity index is 2.87. The Morgan fingerprint density at radius 2 is 1.24 bits per heavy atom. The first-order valence-corrected chi connectivity index (χ1v) is 10.6. The van der Waals surface area contributed by atoms with Crippen molar-refractivity contribution in [3.05, 3.63) is 0 Å². The van der Waals surface area contributed by atoms with Gasteiger partial charge in [-0.2, -0.15) is 0 Å². The van der Waals surface area contributed by atoms with Crippen molar-refractivity contribution in [1.29, 1.82) is 0 Å². The molecule has 3 unspecified atom stereocenters. The van der Waals surface area contributed by atoms with E-state index < -0.39 is 83.2 Å². The second-order valence-electron chi connectivity index (χ2n) is 5.99. The van der Waals surface area contributed by atoms with Crippen LogP contribution in [0.3, 0.4) is 0 Å². The fourth-order valence-electron chi connectivity index (χ4n) is 2.39. The first-order valence-electron chi connectivity index (χ1n) is 7.62. The zero-order valence-corrected chi connectivity index (χ0v) is 16.0. The summed E-state index contributed by atoms with van der Waals surface area (Å²) in [6.45, 7) is -1.12. The molecular weight excluding hydrogens is 450 g/mol. The predicted molar refractivity (Wildman–Crippen MR) is 85.0 cm³/mol. The van der Waals surface area contributed by atoms with E-state index in [1.165, 1.54) is 0 Å². The number of aliphatic hydroxyl groups is 4. The Morgan fingerprint density at radius 1 is 0.828 bits per heavy atom. The van der Waals surface area contributed by atoms with Gasteiger partial charge in [0.2, 0.25) is 0 Å². The van der Waals surface area contributed by atoms with E-state index in [4.69, 9.17) is 20.0 Å². The van der Waals surface area contributed by atoms with Crippen molar-refractivity contribution in [3.63, 3.8) is 0 Å². The van der Waals surface area contributed by atoms with E-state index in [-0.39, 0.29) is 0 Å². The zero-order chi connectivity index (χ0) is 22.7. The number of aliphatic carboxylic acids is 2. The number of phosphoric acid groups is 2. The van der Waals surface area contributed by atoms with Gasteiger partial charge in [0.25, 0.3) is 0 Å². The monoisotopic (exact) mass is 470 g/mol. The lowest BCUT2D eigenvalue weighted by Crippen LogP contribution is -2.64. The molecule has 0 aromatic carbocycles. The van der Waals surface area contributed by atoms with Gasteiger partial charge in [0.15, 0.2) is 0 Å². The minimum Gasteiger partial charge on any atom is -0.481 e. The minimum absolute atomic E-state index is 0.969. The number of carboxylic acid groups (broad SMARTS) is 2. The Hall–Kier alpha value is -1.00. The van der Waals surface area contributed by atoms with Crippen molar-refractivity contribution in [2.75, 3.05) is 6.61 Å². The fourth-order valence-corrected chi connectivity index (χ4v) is 3.94. The van der Waals surface area contributed by atoms with Gasteiger partial charge in [-0.3, -0.25) is 23.2 Å². The topological polar surface area (TPSA) is 278 Å². The summed E-state index contributed by atoms with van der Waals surface area (Å²) >= 11 is 0. The smallest absolute Gasteiger partial charge is 0.472 e. The quantitative estimate of drug-likeness (QED) is 0.141. The Kier molecular flexibility index (Phi) is 8.86. The van der Waals surface area contributed by atoms with Gasteiger partial charge < -0.3 is 45.3 Å². The molecule has 0 amide bonds. The molecule has 0 aromatic rings. The van der Waals surface area contributed by atoms with Crippen molar-refractivity contribution in [1.82, 2.24) is 0 Å². The van der Waals surface area contributed by atoms with Gasteiger partial charge in [-0.05, 0) is 0 Å². The van der Waals surface area contributed by atoms with Crippen LogP contribution in [0.15, 0.2) is 0 Å². The second-order valence-corrected chi connectivity index (χ2v) is 8.59. The molecule has 1 aliphatic carbocycles. The zero-order valence-electron chi connectivity index (χ0n) is 14.2. The van der Waals surface area contributed by atoms with Crippen LogP contribution in [0.2, 0.25) is 0 Å². The lowest BCUT2D eigenvalue weighted by atomic mass is 9.85. The average molecular weight is 470 g/mol. The van der Waals surface area contributed by atoms with Crippen molar-refractivity contribution in [2.24, 2.45) is 5.92 Å². The van der Waals surface area contributed by atoms with E-state index in [1.807, 2.05) is 0 Å². The standard InChI is InChI=1S/C11H20O16P2/c12-4(13)1-3(11(18)19)2-25-29(23,24)27-10-7(16)5(14)9(6(15)8(10)17)26-28(20,21)22/h3,5-10,14-17H,1-2H2,(H,12,13)(H,18,19)(H,23,24)(H2,20,21,22)/t3-,5-,6+,7-,8-,9?,10?/m1/s1. The van der Waals surface area contributed by atoms with Crippen molar-refractivity contribution in [3.8, 4) is 0 Å². The molecule has 16 nitrogen and oxygen atoms in total. The lowest BCUT2D eigenvalue weighted by Gasteiger charge is -2.43. The van der Waals surface area contributed by atoms with Crippen LogP contribution in [0.25, 0.3) is 0 Å². The van der Waals surface area contributed by atoms with Gasteiger partial charge >= 0.3 is 27.6 Å². The predicted octanol–water partition coefficient (Wildman–Crippen LogP) is -3.40. The highest BCUT2D eigenvalue weighted by Gasteiger charge is 2.54. The summed E-state index contributed by atoms with van der Waals surface area (Å²) in [5, 5.41) is 56.9. The summed E-state index contributed by atoms with van der Waals surface area (Å²) in [6, 6.07) is 0. The maximum absolute atomic E-state index is 11.9. The maximum atomic E-state index is 11.9. The van der Waals surface area contributed by atoms with E-state index >= 15 is 0 Å². The fraction of sp³-hybridized carbons (Fsp3) is 0.818. The van der Waals surface area contributed by atoms with Crippen LogP contribution in [-0.2, 0) is 32.3 Å². The first-order chi connectivity index (χ1) is 13.1. The highest BCUT2D eigenvalue weighted by atomic mass is 31.2. The SMILES string of the molecule is O=C(O)C[C@H](COP(=O)(O)OC1[C@H](O)[C@H](O)C(OP(=O)(O)O)[C@H](O)[C@H]1O)C(=O)O. The summed E-state index contributed by atoms with van der Waals surface area (Å²) in [5.41, 5.74) is 0. The third-order valence-electron chi connectivity index (χ3n) is 3.77. The van der Waals surface area contributed by atoms with Crippen molar-refractivity contribution in [2.45, 2.75) is 43.0 Å². The summed E-state index contributed by atoms with van der Waals surface area (Å²) in [4.78, 5) is 48.6.